The van der Waals surface area contributed by atoms with Crippen molar-refractivity contribution in [2.24, 2.45) is 11.3 Å². The number of amides is 1. The molecule has 1 aromatic carbocycles. The molecule has 1 saturated carbocycles. The summed E-state index contributed by atoms with van der Waals surface area (Å²) in [7, 11) is 0. The smallest absolute Gasteiger partial charge is 0.251 e. The molecule has 0 saturated heterocycles. The average Bonchev–Trinajstić information content (AvgIpc) is 3.00. The van der Waals surface area contributed by atoms with Gasteiger partial charge < -0.3 is 10.1 Å². The summed E-state index contributed by atoms with van der Waals surface area (Å²) in [6.07, 6.45) is 8.50. The van der Waals surface area contributed by atoms with Gasteiger partial charge in [-0.25, -0.2) is 0 Å². The highest BCUT2D eigenvalue weighted by Crippen LogP contribution is 2.40. The number of ether oxygens (including phenoxy) is 1. The van der Waals surface area contributed by atoms with Crippen LogP contribution >= 0.6 is 0 Å². The Morgan fingerprint density at radius 2 is 1.85 bits per heavy atom. The number of benzene rings is 1. The van der Waals surface area contributed by atoms with Gasteiger partial charge >= 0.3 is 0 Å². The lowest BCUT2D eigenvalue weighted by Gasteiger charge is -2.17. The summed E-state index contributed by atoms with van der Waals surface area (Å²) >= 11 is 0. The molecule has 26 heavy (non-hydrogen) atoms. The molecule has 1 N–H and O–H groups in total. The van der Waals surface area contributed by atoms with Gasteiger partial charge in [0.2, 0.25) is 0 Å². The van der Waals surface area contributed by atoms with Gasteiger partial charge in [-0.1, -0.05) is 53.9 Å². The van der Waals surface area contributed by atoms with Crippen molar-refractivity contribution < 1.29 is 9.53 Å². The molecule has 0 heterocycles. The summed E-state index contributed by atoms with van der Waals surface area (Å²) in [5.41, 5.74) is 1.15. The first-order valence-electron chi connectivity index (χ1n) is 10.5. The summed E-state index contributed by atoms with van der Waals surface area (Å²) in [5, 5.41) is 3.08. The highest BCUT2D eigenvalue weighted by Gasteiger charge is 2.30. The first kappa shape index (κ1) is 22.5. The third-order valence-electron chi connectivity index (χ3n) is 5.01. The molecule has 148 valence electrons. The molecule has 3 heteroatoms. The van der Waals surface area contributed by atoms with Crippen molar-refractivity contribution in [1.82, 2.24) is 5.32 Å². The molecule has 1 unspecified atom stereocenters. The Labute approximate surface area is 160 Å². The molecule has 1 aliphatic rings. The van der Waals surface area contributed by atoms with Gasteiger partial charge in [-0.05, 0) is 61.3 Å². The molecule has 0 radical (unpaired) electrons. The molecule has 0 spiro atoms. The summed E-state index contributed by atoms with van der Waals surface area (Å²) in [4.78, 5) is 12.3. The molecule has 2 rings (SSSR count). The van der Waals surface area contributed by atoms with Crippen molar-refractivity contribution in [3.63, 3.8) is 0 Å². The van der Waals surface area contributed by atoms with E-state index in [2.05, 4.69) is 26.1 Å². The molecule has 0 aliphatic heterocycles. The van der Waals surface area contributed by atoms with E-state index in [0.717, 1.165) is 25.3 Å². The molecule has 1 amide bonds. The average molecular weight is 362 g/mol. The first-order chi connectivity index (χ1) is 12.5. The zero-order valence-corrected chi connectivity index (χ0v) is 17.6. The van der Waals surface area contributed by atoms with E-state index in [4.69, 9.17) is 4.74 Å². The van der Waals surface area contributed by atoms with E-state index < -0.39 is 0 Å². The molecule has 1 aromatic rings. The van der Waals surface area contributed by atoms with E-state index in [0.29, 0.717) is 16.9 Å². The van der Waals surface area contributed by atoms with Gasteiger partial charge in [-0.15, -0.1) is 0 Å². The largest absolute Gasteiger partial charge is 0.494 e. The fourth-order valence-corrected chi connectivity index (χ4v) is 3.52. The minimum Gasteiger partial charge on any atom is -0.494 e. The van der Waals surface area contributed by atoms with Crippen LogP contribution in [0.25, 0.3) is 0 Å². The standard InChI is InChI=1S/C21H33NO2.C2H6/c1-4-5-6-7-14-24-19-10-8-18(9-11-19)20(23)22-16-17-12-13-21(2,3)15-17;1-2/h8-11,17H,4-7,12-16H2,1-3H3,(H,22,23);1-2H3. The topological polar surface area (TPSA) is 38.3 Å². The summed E-state index contributed by atoms with van der Waals surface area (Å²) in [5.74, 6) is 1.49. The Balaban J connectivity index is 0.00000163. The quantitative estimate of drug-likeness (QED) is 0.530. The number of rotatable bonds is 9. The Morgan fingerprint density at radius 3 is 2.42 bits per heavy atom. The van der Waals surface area contributed by atoms with E-state index in [-0.39, 0.29) is 5.91 Å². The van der Waals surface area contributed by atoms with E-state index in [1.807, 2.05) is 38.1 Å². The number of hydrogen-bond acceptors (Lipinski definition) is 2. The van der Waals surface area contributed by atoms with Crippen molar-refractivity contribution >= 4 is 5.91 Å². The van der Waals surface area contributed by atoms with Crippen molar-refractivity contribution in [3.8, 4) is 5.75 Å². The number of hydrogen-bond donors (Lipinski definition) is 1. The van der Waals surface area contributed by atoms with Crippen LogP contribution in [0.5, 0.6) is 5.75 Å². The molecular weight excluding hydrogens is 322 g/mol. The Kier molecular flexibility index (Phi) is 10.4. The zero-order valence-electron chi connectivity index (χ0n) is 17.6. The highest BCUT2D eigenvalue weighted by molar-refractivity contribution is 5.94. The van der Waals surface area contributed by atoms with Crippen LogP contribution in [-0.4, -0.2) is 19.1 Å². The van der Waals surface area contributed by atoms with Crippen molar-refractivity contribution in [1.29, 1.82) is 0 Å². The van der Waals surface area contributed by atoms with E-state index in [1.54, 1.807) is 0 Å². The maximum atomic E-state index is 12.3. The number of unbranched alkanes of at least 4 members (excludes halogenated alkanes) is 3. The van der Waals surface area contributed by atoms with Gasteiger partial charge in [0, 0.05) is 12.1 Å². The van der Waals surface area contributed by atoms with Gasteiger partial charge in [0.1, 0.15) is 5.75 Å². The van der Waals surface area contributed by atoms with Gasteiger partial charge in [-0.2, -0.15) is 0 Å². The van der Waals surface area contributed by atoms with Gasteiger partial charge in [0.05, 0.1) is 6.61 Å². The minimum atomic E-state index is 0.0224. The van der Waals surface area contributed by atoms with Crippen LogP contribution < -0.4 is 10.1 Å². The maximum Gasteiger partial charge on any atom is 0.251 e. The fourth-order valence-electron chi connectivity index (χ4n) is 3.52. The van der Waals surface area contributed by atoms with Crippen LogP contribution in [0, 0.1) is 11.3 Å². The van der Waals surface area contributed by atoms with Crippen molar-refractivity contribution in [2.75, 3.05) is 13.2 Å². The second-order valence-electron chi connectivity index (χ2n) is 7.92. The SMILES string of the molecule is CC.CCCCCCOc1ccc(C(=O)NCC2CCC(C)(C)C2)cc1. The summed E-state index contributed by atoms with van der Waals surface area (Å²) in [6, 6.07) is 7.51. The van der Waals surface area contributed by atoms with Crippen LogP contribution in [0.4, 0.5) is 0 Å². The number of carbonyl (C=O) groups is 1. The Morgan fingerprint density at radius 1 is 1.15 bits per heavy atom. The third-order valence-corrected chi connectivity index (χ3v) is 5.01. The molecule has 0 bridgehead atoms. The monoisotopic (exact) mass is 361 g/mol. The van der Waals surface area contributed by atoms with E-state index in [9.17, 15) is 4.79 Å². The van der Waals surface area contributed by atoms with Crippen LogP contribution in [0.1, 0.15) is 89.9 Å². The first-order valence-corrected chi connectivity index (χ1v) is 10.5. The van der Waals surface area contributed by atoms with Crippen LogP contribution in [-0.2, 0) is 0 Å². The van der Waals surface area contributed by atoms with Crippen molar-refractivity contribution in [3.05, 3.63) is 29.8 Å². The number of nitrogens with one attached hydrogen (secondary N) is 1. The van der Waals surface area contributed by atoms with Crippen LogP contribution in [0.2, 0.25) is 0 Å². The molecule has 1 fully saturated rings. The lowest BCUT2D eigenvalue weighted by Crippen LogP contribution is -2.28. The second-order valence-corrected chi connectivity index (χ2v) is 7.92. The Bertz CT molecular complexity index is 507. The van der Waals surface area contributed by atoms with Gasteiger partial charge in [-0.3, -0.25) is 4.79 Å². The normalized spacial score (nSPS) is 18.0. The molecular formula is C23H39NO2. The summed E-state index contributed by atoms with van der Waals surface area (Å²) in [6.45, 7) is 12.4. The predicted molar refractivity (Wildman–Crippen MR) is 111 cm³/mol. The molecule has 3 nitrogen and oxygen atoms in total. The zero-order chi connectivity index (χ0) is 19.4. The van der Waals surface area contributed by atoms with Gasteiger partial charge in [0.25, 0.3) is 5.91 Å². The molecule has 0 aromatic heterocycles. The lowest BCUT2D eigenvalue weighted by atomic mass is 9.90. The predicted octanol–water partition coefficient (Wildman–Crippen LogP) is 6.23. The van der Waals surface area contributed by atoms with Crippen LogP contribution in [0.15, 0.2) is 24.3 Å². The third kappa shape index (κ3) is 8.25. The highest BCUT2D eigenvalue weighted by atomic mass is 16.5. The molecule has 1 atom stereocenters. The van der Waals surface area contributed by atoms with E-state index >= 15 is 0 Å². The maximum absolute atomic E-state index is 12.3. The van der Waals surface area contributed by atoms with Crippen LogP contribution in [0.3, 0.4) is 0 Å². The lowest BCUT2D eigenvalue weighted by molar-refractivity contribution is 0.0946. The van der Waals surface area contributed by atoms with Gasteiger partial charge in [0.15, 0.2) is 0 Å². The fraction of sp³-hybridized carbons (Fsp3) is 0.696. The Hall–Kier alpha value is -1.51. The summed E-state index contributed by atoms with van der Waals surface area (Å²) < 4.78 is 5.72. The minimum absolute atomic E-state index is 0.0224. The van der Waals surface area contributed by atoms with E-state index in [1.165, 1.54) is 38.5 Å². The number of carbonyl (C=O) groups excluding carboxylic acids is 1. The molecule has 1 aliphatic carbocycles. The second kappa shape index (κ2) is 12.0. The van der Waals surface area contributed by atoms with Crippen molar-refractivity contribution in [2.45, 2.75) is 79.6 Å².